The highest BCUT2D eigenvalue weighted by Gasteiger charge is 2.38. The molecule has 9 heteroatoms. The summed E-state index contributed by atoms with van der Waals surface area (Å²) in [6.45, 7) is 6.71. The number of aliphatic imine (C=N–C) groups is 1. The second-order valence-electron chi connectivity index (χ2n) is 8.80. The van der Waals surface area contributed by atoms with E-state index in [1.165, 1.54) is 38.4 Å². The van der Waals surface area contributed by atoms with Crippen LogP contribution in [0.25, 0.3) is 0 Å². The number of nitrogens with one attached hydrogen (secondary N) is 2. The molecule has 0 aromatic heterocycles. The monoisotopic (exact) mass is 429 g/mol. The van der Waals surface area contributed by atoms with E-state index in [0.717, 1.165) is 58.2 Å². The third-order valence-electron chi connectivity index (χ3n) is 6.88. The fourth-order valence-electron chi connectivity index (χ4n) is 5.01. The standard InChI is InChI=1S/C20H39N5O3S/c1-21-19(22-16-18-6-10-25(11-7-18)29(2,26)27)23-17-20(8-4-3-5-9-20)24-12-14-28-15-13-24/h18H,3-17H2,1-2H3,(H2,21,22,23). The van der Waals surface area contributed by atoms with Gasteiger partial charge in [-0.3, -0.25) is 9.89 Å². The number of ether oxygens (including phenoxy) is 1. The van der Waals surface area contributed by atoms with Gasteiger partial charge in [-0.1, -0.05) is 19.3 Å². The van der Waals surface area contributed by atoms with Gasteiger partial charge in [0.1, 0.15) is 0 Å². The van der Waals surface area contributed by atoms with Crippen molar-refractivity contribution in [3.05, 3.63) is 0 Å². The van der Waals surface area contributed by atoms with Gasteiger partial charge < -0.3 is 15.4 Å². The summed E-state index contributed by atoms with van der Waals surface area (Å²) < 4.78 is 30.5. The Balaban J connectivity index is 1.48. The van der Waals surface area contributed by atoms with E-state index < -0.39 is 10.0 Å². The molecule has 8 nitrogen and oxygen atoms in total. The van der Waals surface area contributed by atoms with Crippen LogP contribution in [0, 0.1) is 5.92 Å². The smallest absolute Gasteiger partial charge is 0.211 e. The summed E-state index contributed by atoms with van der Waals surface area (Å²) in [5, 5.41) is 7.08. The first-order valence-electron chi connectivity index (χ1n) is 11.2. The molecule has 0 amide bonds. The second kappa shape index (κ2) is 10.4. The van der Waals surface area contributed by atoms with Crippen molar-refractivity contribution in [2.45, 2.75) is 50.5 Å². The summed E-state index contributed by atoms with van der Waals surface area (Å²) in [6, 6.07) is 0. The van der Waals surface area contributed by atoms with Crippen molar-refractivity contribution in [3.63, 3.8) is 0 Å². The van der Waals surface area contributed by atoms with Crippen molar-refractivity contribution in [1.29, 1.82) is 0 Å². The molecular weight excluding hydrogens is 390 g/mol. The zero-order valence-corrected chi connectivity index (χ0v) is 19.0. The van der Waals surface area contributed by atoms with Gasteiger partial charge in [0, 0.05) is 51.9 Å². The van der Waals surface area contributed by atoms with E-state index >= 15 is 0 Å². The third kappa shape index (κ3) is 6.29. The van der Waals surface area contributed by atoms with Gasteiger partial charge in [-0.05, 0) is 31.6 Å². The highest BCUT2D eigenvalue weighted by Crippen LogP contribution is 2.33. The Bertz CT molecular complexity index is 635. The predicted octanol–water partition coefficient (Wildman–Crippen LogP) is 0.858. The lowest BCUT2D eigenvalue weighted by Crippen LogP contribution is -2.60. The molecule has 0 bridgehead atoms. The van der Waals surface area contributed by atoms with Crippen molar-refractivity contribution in [3.8, 4) is 0 Å². The molecule has 0 aromatic carbocycles. The van der Waals surface area contributed by atoms with Crippen LogP contribution in [0.4, 0.5) is 0 Å². The predicted molar refractivity (Wildman–Crippen MR) is 117 cm³/mol. The molecule has 3 fully saturated rings. The average molecular weight is 430 g/mol. The Hall–Kier alpha value is -0.900. The molecule has 0 spiro atoms. The van der Waals surface area contributed by atoms with Crippen LogP contribution in [0.3, 0.4) is 0 Å². The number of hydrogen-bond acceptors (Lipinski definition) is 5. The Morgan fingerprint density at radius 2 is 1.72 bits per heavy atom. The van der Waals surface area contributed by atoms with E-state index in [1.807, 2.05) is 7.05 Å². The fraction of sp³-hybridized carbons (Fsp3) is 0.950. The fourth-order valence-corrected chi connectivity index (χ4v) is 5.88. The Labute approximate surface area is 176 Å². The highest BCUT2D eigenvalue weighted by molar-refractivity contribution is 7.88. The van der Waals surface area contributed by atoms with Gasteiger partial charge in [0.25, 0.3) is 0 Å². The molecular formula is C20H39N5O3S. The number of morpholine rings is 1. The quantitative estimate of drug-likeness (QED) is 0.481. The molecule has 168 valence electrons. The summed E-state index contributed by atoms with van der Waals surface area (Å²) in [5.41, 5.74) is 0.209. The van der Waals surface area contributed by atoms with Gasteiger partial charge in [-0.25, -0.2) is 12.7 Å². The molecule has 29 heavy (non-hydrogen) atoms. The molecule has 0 unspecified atom stereocenters. The lowest BCUT2D eigenvalue weighted by molar-refractivity contribution is -0.0352. The van der Waals surface area contributed by atoms with Crippen LogP contribution >= 0.6 is 0 Å². The molecule has 1 aliphatic carbocycles. The maximum atomic E-state index is 11.7. The molecule has 2 aliphatic heterocycles. The zero-order chi connectivity index (χ0) is 20.7. The maximum Gasteiger partial charge on any atom is 0.211 e. The number of rotatable bonds is 6. The summed E-state index contributed by atoms with van der Waals surface area (Å²) in [4.78, 5) is 7.07. The summed E-state index contributed by atoms with van der Waals surface area (Å²) in [6.07, 6.45) is 9.50. The van der Waals surface area contributed by atoms with Crippen LogP contribution in [0.2, 0.25) is 0 Å². The van der Waals surface area contributed by atoms with Gasteiger partial charge >= 0.3 is 0 Å². The van der Waals surface area contributed by atoms with Crippen molar-refractivity contribution in [2.75, 3.05) is 65.8 Å². The van der Waals surface area contributed by atoms with Crippen molar-refractivity contribution >= 4 is 16.0 Å². The molecule has 3 rings (SSSR count). The first-order chi connectivity index (χ1) is 13.9. The molecule has 0 atom stereocenters. The Morgan fingerprint density at radius 1 is 1.07 bits per heavy atom. The molecule has 0 radical (unpaired) electrons. The highest BCUT2D eigenvalue weighted by atomic mass is 32.2. The number of guanidine groups is 1. The zero-order valence-electron chi connectivity index (χ0n) is 18.2. The van der Waals surface area contributed by atoms with Gasteiger partial charge in [-0.15, -0.1) is 0 Å². The number of nitrogens with zero attached hydrogens (tertiary/aromatic N) is 3. The Kier molecular flexibility index (Phi) is 8.18. The van der Waals surface area contributed by atoms with Crippen LogP contribution in [0.5, 0.6) is 0 Å². The third-order valence-corrected chi connectivity index (χ3v) is 8.18. The Morgan fingerprint density at radius 3 is 2.31 bits per heavy atom. The van der Waals surface area contributed by atoms with Crippen molar-refractivity contribution in [1.82, 2.24) is 19.8 Å². The number of sulfonamides is 1. The minimum Gasteiger partial charge on any atom is -0.379 e. The van der Waals surface area contributed by atoms with E-state index in [9.17, 15) is 8.42 Å². The van der Waals surface area contributed by atoms with Gasteiger partial charge in [0.15, 0.2) is 5.96 Å². The summed E-state index contributed by atoms with van der Waals surface area (Å²) in [5.74, 6) is 1.34. The van der Waals surface area contributed by atoms with E-state index in [-0.39, 0.29) is 5.54 Å². The van der Waals surface area contributed by atoms with E-state index in [4.69, 9.17) is 4.74 Å². The summed E-state index contributed by atoms with van der Waals surface area (Å²) in [7, 11) is -1.24. The van der Waals surface area contributed by atoms with E-state index in [1.54, 1.807) is 4.31 Å². The van der Waals surface area contributed by atoms with Crippen LogP contribution in [-0.2, 0) is 14.8 Å². The minimum absolute atomic E-state index is 0.209. The number of hydrogen-bond donors (Lipinski definition) is 2. The van der Waals surface area contributed by atoms with Crippen molar-refractivity contribution < 1.29 is 13.2 Å². The largest absolute Gasteiger partial charge is 0.379 e. The van der Waals surface area contributed by atoms with E-state index in [0.29, 0.717) is 19.0 Å². The SMILES string of the molecule is CN=C(NCC1CCN(S(C)(=O)=O)CC1)NCC1(N2CCOCC2)CCCCC1. The first kappa shape index (κ1) is 22.8. The molecule has 2 saturated heterocycles. The van der Waals surface area contributed by atoms with Crippen molar-refractivity contribution in [2.24, 2.45) is 10.9 Å². The van der Waals surface area contributed by atoms with Crippen LogP contribution in [0.15, 0.2) is 4.99 Å². The molecule has 3 aliphatic rings. The molecule has 1 saturated carbocycles. The first-order valence-corrected chi connectivity index (χ1v) is 13.0. The molecule has 0 aromatic rings. The van der Waals surface area contributed by atoms with E-state index in [2.05, 4.69) is 20.5 Å². The van der Waals surface area contributed by atoms with Crippen LogP contribution < -0.4 is 10.6 Å². The van der Waals surface area contributed by atoms with Gasteiger partial charge in [-0.2, -0.15) is 0 Å². The molecule has 2 N–H and O–H groups in total. The van der Waals surface area contributed by atoms with Crippen LogP contribution in [0.1, 0.15) is 44.9 Å². The summed E-state index contributed by atoms with van der Waals surface area (Å²) >= 11 is 0. The molecule has 2 heterocycles. The lowest BCUT2D eigenvalue weighted by Gasteiger charge is -2.48. The van der Waals surface area contributed by atoms with Gasteiger partial charge in [0.05, 0.1) is 19.5 Å². The van der Waals surface area contributed by atoms with Gasteiger partial charge in [0.2, 0.25) is 10.0 Å². The normalized spacial score (nSPS) is 25.7. The maximum absolute atomic E-state index is 11.7. The average Bonchev–Trinajstić information content (AvgIpc) is 2.75. The number of piperidine rings is 1. The lowest BCUT2D eigenvalue weighted by atomic mass is 9.80. The topological polar surface area (TPSA) is 86.3 Å². The minimum atomic E-state index is -3.06. The van der Waals surface area contributed by atoms with Crippen LogP contribution in [-0.4, -0.2) is 94.9 Å². The second-order valence-corrected chi connectivity index (χ2v) is 10.8.